The predicted molar refractivity (Wildman–Crippen MR) is 81.1 cm³/mol. The SMILES string of the molecule is Fc1ccccc1-c1cc(CC2CCCNC2)ccc1F. The van der Waals surface area contributed by atoms with E-state index < -0.39 is 0 Å². The third kappa shape index (κ3) is 3.30. The molecule has 110 valence electrons. The van der Waals surface area contributed by atoms with Gasteiger partial charge in [0, 0.05) is 11.1 Å². The second-order valence-corrected chi connectivity index (χ2v) is 5.71. The highest BCUT2D eigenvalue weighted by atomic mass is 19.1. The van der Waals surface area contributed by atoms with Gasteiger partial charge in [0.1, 0.15) is 11.6 Å². The Bertz CT molecular complexity index is 618. The average Bonchev–Trinajstić information content (AvgIpc) is 2.51. The van der Waals surface area contributed by atoms with Crippen molar-refractivity contribution in [3.8, 4) is 11.1 Å². The van der Waals surface area contributed by atoms with Gasteiger partial charge in [-0.25, -0.2) is 8.78 Å². The van der Waals surface area contributed by atoms with Crippen LogP contribution in [0, 0.1) is 17.6 Å². The highest BCUT2D eigenvalue weighted by Gasteiger charge is 2.15. The lowest BCUT2D eigenvalue weighted by molar-refractivity contribution is 0.376. The second-order valence-electron chi connectivity index (χ2n) is 5.71. The van der Waals surface area contributed by atoms with Crippen LogP contribution in [0.5, 0.6) is 0 Å². The molecular formula is C18H19F2N. The Morgan fingerprint density at radius 3 is 2.57 bits per heavy atom. The minimum Gasteiger partial charge on any atom is -0.316 e. The summed E-state index contributed by atoms with van der Waals surface area (Å²) in [6.07, 6.45) is 3.29. The predicted octanol–water partition coefficient (Wildman–Crippen LogP) is 4.17. The van der Waals surface area contributed by atoms with Crippen LogP contribution in [0.3, 0.4) is 0 Å². The highest BCUT2D eigenvalue weighted by molar-refractivity contribution is 5.65. The van der Waals surface area contributed by atoms with Crippen LogP contribution >= 0.6 is 0 Å². The Labute approximate surface area is 124 Å². The van der Waals surface area contributed by atoms with E-state index in [9.17, 15) is 8.78 Å². The molecule has 21 heavy (non-hydrogen) atoms. The van der Waals surface area contributed by atoms with Crippen LogP contribution in [0.15, 0.2) is 42.5 Å². The fourth-order valence-electron chi connectivity index (χ4n) is 3.02. The summed E-state index contributed by atoms with van der Waals surface area (Å²) in [6, 6.07) is 11.4. The zero-order valence-corrected chi connectivity index (χ0v) is 11.9. The van der Waals surface area contributed by atoms with E-state index in [1.54, 1.807) is 24.3 Å². The zero-order chi connectivity index (χ0) is 14.7. The van der Waals surface area contributed by atoms with Crippen LogP contribution in [0.2, 0.25) is 0 Å². The van der Waals surface area contributed by atoms with E-state index in [4.69, 9.17) is 0 Å². The molecule has 0 aromatic heterocycles. The van der Waals surface area contributed by atoms with Gasteiger partial charge in [-0.3, -0.25) is 0 Å². The maximum absolute atomic E-state index is 14.0. The number of hydrogen-bond donors (Lipinski definition) is 1. The van der Waals surface area contributed by atoms with Gasteiger partial charge in [0.15, 0.2) is 0 Å². The van der Waals surface area contributed by atoms with Crippen LogP contribution in [-0.4, -0.2) is 13.1 Å². The Morgan fingerprint density at radius 2 is 1.81 bits per heavy atom. The molecule has 1 saturated heterocycles. The van der Waals surface area contributed by atoms with Crippen molar-refractivity contribution >= 4 is 0 Å². The first kappa shape index (κ1) is 14.2. The fourth-order valence-corrected chi connectivity index (χ4v) is 3.02. The van der Waals surface area contributed by atoms with Gasteiger partial charge in [-0.05, 0) is 62.0 Å². The lowest BCUT2D eigenvalue weighted by Gasteiger charge is -2.23. The van der Waals surface area contributed by atoms with Gasteiger partial charge in [-0.2, -0.15) is 0 Å². The smallest absolute Gasteiger partial charge is 0.131 e. The standard InChI is InChI=1S/C18H19F2N/c19-17-6-2-1-5-15(17)16-11-13(7-8-18(16)20)10-14-4-3-9-21-12-14/h1-2,5-8,11,14,21H,3-4,9-10,12H2. The molecule has 0 bridgehead atoms. The molecule has 0 spiro atoms. The summed E-state index contributed by atoms with van der Waals surface area (Å²) in [6.45, 7) is 2.09. The second kappa shape index (κ2) is 6.35. The van der Waals surface area contributed by atoms with E-state index in [1.165, 1.54) is 25.0 Å². The molecule has 1 fully saturated rings. The molecule has 2 aromatic carbocycles. The van der Waals surface area contributed by atoms with Crippen LogP contribution in [0.4, 0.5) is 8.78 Å². The molecule has 2 aromatic rings. The molecule has 1 unspecified atom stereocenters. The third-order valence-corrected chi connectivity index (χ3v) is 4.12. The number of halogens is 2. The minimum absolute atomic E-state index is 0.332. The summed E-state index contributed by atoms with van der Waals surface area (Å²) in [7, 11) is 0. The maximum Gasteiger partial charge on any atom is 0.131 e. The van der Waals surface area contributed by atoms with Crippen LogP contribution in [0.1, 0.15) is 18.4 Å². The Hall–Kier alpha value is -1.74. The molecule has 1 aliphatic rings. The van der Waals surface area contributed by atoms with Crippen molar-refractivity contribution in [2.24, 2.45) is 5.92 Å². The Kier molecular flexibility index (Phi) is 4.30. The quantitative estimate of drug-likeness (QED) is 0.893. The average molecular weight is 287 g/mol. The van der Waals surface area contributed by atoms with Crippen molar-refractivity contribution in [2.45, 2.75) is 19.3 Å². The summed E-state index contributed by atoms with van der Waals surface area (Å²) in [5.41, 5.74) is 1.76. The fraction of sp³-hybridized carbons (Fsp3) is 0.333. The lowest BCUT2D eigenvalue weighted by atomic mass is 9.91. The summed E-state index contributed by atoms with van der Waals surface area (Å²) in [5.74, 6) is -0.170. The molecule has 3 heteroatoms. The van der Waals surface area contributed by atoms with E-state index in [1.807, 2.05) is 6.07 Å². The number of nitrogens with one attached hydrogen (secondary N) is 1. The molecule has 1 N–H and O–H groups in total. The molecule has 0 amide bonds. The number of benzene rings is 2. The monoisotopic (exact) mass is 287 g/mol. The van der Waals surface area contributed by atoms with E-state index >= 15 is 0 Å². The summed E-state index contributed by atoms with van der Waals surface area (Å²) in [4.78, 5) is 0. The molecule has 1 atom stereocenters. The number of hydrogen-bond acceptors (Lipinski definition) is 1. The first-order valence-electron chi connectivity index (χ1n) is 7.48. The van der Waals surface area contributed by atoms with Crippen LogP contribution in [-0.2, 0) is 6.42 Å². The van der Waals surface area contributed by atoms with Gasteiger partial charge < -0.3 is 5.32 Å². The van der Waals surface area contributed by atoms with Crippen LogP contribution in [0.25, 0.3) is 11.1 Å². The summed E-state index contributed by atoms with van der Waals surface area (Å²) in [5, 5.41) is 3.39. The molecular weight excluding hydrogens is 268 g/mol. The van der Waals surface area contributed by atoms with Gasteiger partial charge in [-0.15, -0.1) is 0 Å². The van der Waals surface area contributed by atoms with E-state index in [-0.39, 0.29) is 11.6 Å². The molecule has 0 saturated carbocycles. The van der Waals surface area contributed by atoms with Crippen molar-refractivity contribution in [1.82, 2.24) is 5.32 Å². The summed E-state index contributed by atoms with van der Waals surface area (Å²) < 4.78 is 27.9. The highest BCUT2D eigenvalue weighted by Crippen LogP contribution is 2.28. The van der Waals surface area contributed by atoms with E-state index in [2.05, 4.69) is 5.32 Å². The molecule has 3 rings (SSSR count). The minimum atomic E-state index is -0.382. The van der Waals surface area contributed by atoms with E-state index in [0.717, 1.165) is 25.1 Å². The molecule has 0 radical (unpaired) electrons. The Balaban J connectivity index is 1.87. The molecule has 1 aliphatic heterocycles. The summed E-state index contributed by atoms with van der Waals surface area (Å²) >= 11 is 0. The van der Waals surface area contributed by atoms with Crippen LogP contribution < -0.4 is 5.32 Å². The number of rotatable bonds is 3. The van der Waals surface area contributed by atoms with Gasteiger partial charge in [0.25, 0.3) is 0 Å². The third-order valence-electron chi connectivity index (χ3n) is 4.12. The molecule has 0 aliphatic carbocycles. The lowest BCUT2D eigenvalue weighted by Crippen LogP contribution is -2.30. The van der Waals surface area contributed by atoms with Crippen molar-refractivity contribution < 1.29 is 8.78 Å². The van der Waals surface area contributed by atoms with Gasteiger partial charge in [0.2, 0.25) is 0 Å². The molecule has 1 nitrogen and oxygen atoms in total. The largest absolute Gasteiger partial charge is 0.316 e. The maximum atomic E-state index is 14.0. The van der Waals surface area contributed by atoms with E-state index in [0.29, 0.717) is 17.0 Å². The van der Waals surface area contributed by atoms with Crippen molar-refractivity contribution in [1.29, 1.82) is 0 Å². The van der Waals surface area contributed by atoms with Gasteiger partial charge in [0.05, 0.1) is 0 Å². The number of piperidine rings is 1. The van der Waals surface area contributed by atoms with Gasteiger partial charge in [-0.1, -0.05) is 24.3 Å². The van der Waals surface area contributed by atoms with Crippen molar-refractivity contribution in [2.75, 3.05) is 13.1 Å². The van der Waals surface area contributed by atoms with Crippen molar-refractivity contribution in [3.63, 3.8) is 0 Å². The Morgan fingerprint density at radius 1 is 1.00 bits per heavy atom. The van der Waals surface area contributed by atoms with Gasteiger partial charge >= 0.3 is 0 Å². The molecule has 1 heterocycles. The first-order chi connectivity index (χ1) is 10.2. The zero-order valence-electron chi connectivity index (χ0n) is 11.9. The normalized spacial score (nSPS) is 18.7. The van der Waals surface area contributed by atoms with Crippen molar-refractivity contribution in [3.05, 3.63) is 59.7 Å². The topological polar surface area (TPSA) is 12.0 Å². The first-order valence-corrected chi connectivity index (χ1v) is 7.48.